The topological polar surface area (TPSA) is 76.7 Å². The molecule has 0 radical (unpaired) electrons. The van der Waals surface area contributed by atoms with E-state index in [0.29, 0.717) is 0 Å². The Morgan fingerprint density at radius 1 is 1.04 bits per heavy atom. The zero-order valence-electron chi connectivity index (χ0n) is 14.3. The maximum atomic E-state index is 4.76. The van der Waals surface area contributed by atoms with E-state index in [1.165, 1.54) is 5.56 Å². The fourth-order valence-electron chi connectivity index (χ4n) is 3.22. The molecule has 1 N–H and O–H groups in total. The standard InChI is InChI=1S/C19H17N7/c1-25-12-15(10-22-25)18-6-7-19-20-11-16(26(19)24-18)4-2-13-3-5-17-14(8-13)9-21-23-17/h3,5-12H,2,4H2,1H3,(H,21,23). The SMILES string of the molecule is Cn1cc(-c2ccc3ncc(CCc4ccc5[nH]ncc5c4)n3n2)cn1. The van der Waals surface area contributed by atoms with Gasteiger partial charge >= 0.3 is 0 Å². The van der Waals surface area contributed by atoms with Crippen molar-refractivity contribution in [2.45, 2.75) is 12.8 Å². The molecule has 7 nitrogen and oxygen atoms in total. The van der Waals surface area contributed by atoms with Crippen molar-refractivity contribution in [1.29, 1.82) is 0 Å². The minimum absolute atomic E-state index is 0.859. The van der Waals surface area contributed by atoms with Crippen molar-refractivity contribution in [3.63, 3.8) is 0 Å². The number of H-pyrrole nitrogens is 1. The van der Waals surface area contributed by atoms with Gasteiger partial charge in [0.05, 0.1) is 35.5 Å². The molecule has 0 aliphatic carbocycles. The first-order chi connectivity index (χ1) is 12.8. The third kappa shape index (κ3) is 2.54. The Labute approximate surface area is 149 Å². The lowest BCUT2D eigenvalue weighted by molar-refractivity contribution is 0.767. The van der Waals surface area contributed by atoms with Crippen LogP contribution in [-0.2, 0) is 19.9 Å². The van der Waals surface area contributed by atoms with Crippen LogP contribution in [0.4, 0.5) is 0 Å². The number of hydrogen-bond donors (Lipinski definition) is 1. The number of aromatic amines is 1. The van der Waals surface area contributed by atoms with Crippen LogP contribution in [0.15, 0.2) is 55.1 Å². The molecule has 7 heteroatoms. The highest BCUT2D eigenvalue weighted by Gasteiger charge is 2.09. The lowest BCUT2D eigenvalue weighted by atomic mass is 10.1. The molecule has 0 fully saturated rings. The Kier molecular flexibility index (Phi) is 3.31. The van der Waals surface area contributed by atoms with E-state index in [2.05, 4.69) is 38.5 Å². The van der Waals surface area contributed by atoms with E-state index in [4.69, 9.17) is 5.10 Å². The molecule has 0 bridgehead atoms. The number of nitrogens with one attached hydrogen (secondary N) is 1. The zero-order chi connectivity index (χ0) is 17.5. The summed E-state index contributed by atoms with van der Waals surface area (Å²) in [5.41, 5.74) is 6.18. The first-order valence-electron chi connectivity index (χ1n) is 8.51. The fraction of sp³-hybridized carbons (Fsp3) is 0.158. The first-order valence-corrected chi connectivity index (χ1v) is 8.51. The van der Waals surface area contributed by atoms with Crippen molar-refractivity contribution >= 4 is 16.6 Å². The van der Waals surface area contributed by atoms with Gasteiger partial charge in [0.1, 0.15) is 0 Å². The van der Waals surface area contributed by atoms with E-state index in [1.54, 1.807) is 4.68 Å². The monoisotopic (exact) mass is 343 g/mol. The molecule has 128 valence electrons. The summed E-state index contributed by atoms with van der Waals surface area (Å²) in [6, 6.07) is 10.4. The van der Waals surface area contributed by atoms with E-state index in [-0.39, 0.29) is 0 Å². The van der Waals surface area contributed by atoms with Gasteiger partial charge in [-0.1, -0.05) is 6.07 Å². The maximum absolute atomic E-state index is 4.76. The van der Waals surface area contributed by atoms with Crippen LogP contribution in [0.5, 0.6) is 0 Å². The second-order valence-corrected chi connectivity index (χ2v) is 6.43. The highest BCUT2D eigenvalue weighted by Crippen LogP contribution is 2.18. The van der Waals surface area contributed by atoms with Crippen LogP contribution in [0.3, 0.4) is 0 Å². The fourth-order valence-corrected chi connectivity index (χ4v) is 3.22. The molecule has 0 aliphatic heterocycles. The van der Waals surface area contributed by atoms with Gasteiger partial charge < -0.3 is 0 Å². The maximum Gasteiger partial charge on any atom is 0.153 e. The molecule has 0 aliphatic rings. The Morgan fingerprint density at radius 2 is 2.00 bits per heavy atom. The first kappa shape index (κ1) is 14.8. The van der Waals surface area contributed by atoms with Crippen molar-refractivity contribution in [3.8, 4) is 11.3 Å². The largest absolute Gasteiger partial charge is 0.278 e. The normalized spacial score (nSPS) is 11.6. The molecule has 0 atom stereocenters. The van der Waals surface area contributed by atoms with Crippen molar-refractivity contribution in [2.75, 3.05) is 0 Å². The average Bonchev–Trinajstić information content (AvgIpc) is 3.38. The highest BCUT2D eigenvalue weighted by atomic mass is 15.3. The van der Waals surface area contributed by atoms with Crippen LogP contribution >= 0.6 is 0 Å². The van der Waals surface area contributed by atoms with Gasteiger partial charge in [-0.2, -0.15) is 15.3 Å². The second kappa shape index (κ2) is 5.80. The number of imidazole rings is 1. The van der Waals surface area contributed by atoms with Crippen LogP contribution in [-0.4, -0.2) is 34.6 Å². The third-order valence-electron chi connectivity index (χ3n) is 4.61. The number of nitrogens with zero attached hydrogens (tertiary/aromatic N) is 6. The highest BCUT2D eigenvalue weighted by molar-refractivity contribution is 5.78. The van der Waals surface area contributed by atoms with E-state index in [9.17, 15) is 0 Å². The molecular formula is C19H17N7. The smallest absolute Gasteiger partial charge is 0.153 e. The van der Waals surface area contributed by atoms with Gasteiger partial charge in [0.15, 0.2) is 5.65 Å². The summed E-state index contributed by atoms with van der Waals surface area (Å²) in [5, 5.41) is 17.2. The summed E-state index contributed by atoms with van der Waals surface area (Å²) in [6.07, 6.45) is 9.35. The summed E-state index contributed by atoms with van der Waals surface area (Å²) < 4.78 is 3.71. The van der Waals surface area contributed by atoms with Crippen molar-refractivity contribution in [1.82, 2.24) is 34.6 Å². The van der Waals surface area contributed by atoms with E-state index in [0.717, 1.165) is 46.3 Å². The summed E-state index contributed by atoms with van der Waals surface area (Å²) in [4.78, 5) is 4.48. The van der Waals surface area contributed by atoms with Crippen LogP contribution in [0.25, 0.3) is 27.8 Å². The molecule has 0 saturated carbocycles. The van der Waals surface area contributed by atoms with Gasteiger partial charge in [-0.3, -0.25) is 9.78 Å². The summed E-state index contributed by atoms with van der Waals surface area (Å²) in [7, 11) is 1.90. The molecule has 0 unspecified atom stereocenters. The van der Waals surface area contributed by atoms with Crippen molar-refractivity contribution in [2.24, 2.45) is 7.05 Å². The quantitative estimate of drug-likeness (QED) is 0.544. The van der Waals surface area contributed by atoms with Gasteiger partial charge in [0.2, 0.25) is 0 Å². The molecule has 5 aromatic rings. The third-order valence-corrected chi connectivity index (χ3v) is 4.61. The number of aromatic nitrogens is 7. The van der Waals surface area contributed by atoms with Crippen LogP contribution in [0, 0.1) is 0 Å². The lowest BCUT2D eigenvalue weighted by Crippen LogP contribution is -2.01. The summed E-state index contributed by atoms with van der Waals surface area (Å²) >= 11 is 0. The molecule has 0 spiro atoms. The Balaban J connectivity index is 1.44. The molecule has 4 aromatic heterocycles. The van der Waals surface area contributed by atoms with Crippen LogP contribution in [0.1, 0.15) is 11.3 Å². The number of hydrogen-bond acceptors (Lipinski definition) is 4. The predicted octanol–water partition coefficient (Wildman–Crippen LogP) is 2.79. The number of benzene rings is 1. The van der Waals surface area contributed by atoms with Crippen molar-refractivity contribution in [3.05, 3.63) is 66.4 Å². The Hall–Kier alpha value is -3.48. The predicted molar refractivity (Wildman–Crippen MR) is 98.7 cm³/mol. The molecule has 4 heterocycles. The molecular weight excluding hydrogens is 326 g/mol. The molecule has 1 aromatic carbocycles. The van der Waals surface area contributed by atoms with Gasteiger partial charge in [0.25, 0.3) is 0 Å². The van der Waals surface area contributed by atoms with E-state index < -0.39 is 0 Å². The summed E-state index contributed by atoms with van der Waals surface area (Å²) in [5.74, 6) is 0. The summed E-state index contributed by atoms with van der Waals surface area (Å²) in [6.45, 7) is 0. The molecule has 26 heavy (non-hydrogen) atoms. The minimum Gasteiger partial charge on any atom is -0.278 e. The van der Waals surface area contributed by atoms with Crippen LogP contribution < -0.4 is 0 Å². The lowest BCUT2D eigenvalue weighted by Gasteiger charge is -2.04. The number of rotatable bonds is 4. The molecule has 5 rings (SSSR count). The van der Waals surface area contributed by atoms with Gasteiger partial charge in [-0.05, 0) is 42.7 Å². The van der Waals surface area contributed by atoms with Gasteiger partial charge in [-0.25, -0.2) is 9.50 Å². The Bertz CT molecular complexity index is 1210. The van der Waals surface area contributed by atoms with E-state index >= 15 is 0 Å². The number of fused-ring (bicyclic) bond motifs is 2. The molecule has 0 saturated heterocycles. The number of aryl methyl sites for hydroxylation is 3. The average molecular weight is 343 g/mol. The zero-order valence-corrected chi connectivity index (χ0v) is 14.3. The van der Waals surface area contributed by atoms with Gasteiger partial charge in [-0.15, -0.1) is 0 Å². The van der Waals surface area contributed by atoms with E-state index in [1.807, 2.05) is 48.5 Å². The van der Waals surface area contributed by atoms with Crippen LogP contribution in [0.2, 0.25) is 0 Å². The van der Waals surface area contributed by atoms with Gasteiger partial charge in [0, 0.05) is 24.2 Å². The minimum atomic E-state index is 0.859. The second-order valence-electron chi connectivity index (χ2n) is 6.43. The molecule has 0 amide bonds. The van der Waals surface area contributed by atoms with Crippen molar-refractivity contribution < 1.29 is 0 Å². The Morgan fingerprint density at radius 3 is 2.88 bits per heavy atom.